The molecule has 5 nitrogen and oxygen atoms in total. The van der Waals surface area contributed by atoms with Crippen LogP contribution >= 0.6 is 11.6 Å². The van der Waals surface area contributed by atoms with E-state index < -0.39 is 9.84 Å². The number of hydrogen-bond donors (Lipinski definition) is 0. The van der Waals surface area contributed by atoms with Gasteiger partial charge in [-0.3, -0.25) is 4.90 Å². The quantitative estimate of drug-likeness (QED) is 0.840. The van der Waals surface area contributed by atoms with Crippen molar-refractivity contribution in [2.45, 2.75) is 25.4 Å². The molecule has 0 saturated carbocycles. The first-order valence-electron chi connectivity index (χ1n) is 7.43. The number of hydrogen-bond acceptors (Lipinski definition) is 5. The summed E-state index contributed by atoms with van der Waals surface area (Å²) in [6.07, 6.45) is 1.53. The summed E-state index contributed by atoms with van der Waals surface area (Å²) in [5.41, 5.74) is 1.00. The van der Waals surface area contributed by atoms with Crippen LogP contribution in [0.25, 0.3) is 0 Å². The Labute approximate surface area is 136 Å². The third-order valence-electron chi connectivity index (χ3n) is 4.13. The molecule has 0 spiro atoms. The molecular formula is C15H20ClNO4S. The van der Waals surface area contributed by atoms with E-state index in [1.807, 2.05) is 19.2 Å². The second kappa shape index (κ2) is 6.26. The zero-order valence-corrected chi connectivity index (χ0v) is 14.1. The highest BCUT2D eigenvalue weighted by atomic mass is 35.5. The summed E-state index contributed by atoms with van der Waals surface area (Å²) in [6, 6.07) is 3.88. The van der Waals surface area contributed by atoms with Crippen LogP contribution in [-0.4, -0.2) is 51.1 Å². The summed E-state index contributed by atoms with van der Waals surface area (Å²) in [5.74, 6) is 1.80. The molecule has 7 heteroatoms. The van der Waals surface area contributed by atoms with Gasteiger partial charge in [-0.05, 0) is 31.2 Å². The maximum absolute atomic E-state index is 11.6. The van der Waals surface area contributed by atoms with Gasteiger partial charge in [0, 0.05) is 19.0 Å². The zero-order valence-electron chi connectivity index (χ0n) is 12.5. The van der Waals surface area contributed by atoms with Gasteiger partial charge >= 0.3 is 0 Å². The molecule has 3 rings (SSSR count). The number of sulfone groups is 1. The summed E-state index contributed by atoms with van der Waals surface area (Å²) < 4.78 is 34.5. The largest absolute Gasteiger partial charge is 0.489 e. The summed E-state index contributed by atoms with van der Waals surface area (Å²) >= 11 is 6.29. The first-order valence-corrected chi connectivity index (χ1v) is 9.63. The fourth-order valence-corrected chi connectivity index (χ4v) is 5.01. The molecule has 1 aromatic rings. The van der Waals surface area contributed by atoms with E-state index in [-0.39, 0.29) is 17.5 Å². The lowest BCUT2D eigenvalue weighted by Gasteiger charge is -2.23. The van der Waals surface area contributed by atoms with Crippen LogP contribution < -0.4 is 9.47 Å². The van der Waals surface area contributed by atoms with E-state index in [0.717, 1.165) is 12.0 Å². The van der Waals surface area contributed by atoms with Crippen molar-refractivity contribution in [3.05, 3.63) is 22.7 Å². The highest BCUT2D eigenvalue weighted by Crippen LogP contribution is 2.38. The third kappa shape index (κ3) is 3.50. The van der Waals surface area contributed by atoms with Crippen LogP contribution in [-0.2, 0) is 16.4 Å². The second-order valence-corrected chi connectivity index (χ2v) is 8.56. The second-order valence-electron chi connectivity index (χ2n) is 5.93. The van der Waals surface area contributed by atoms with E-state index in [9.17, 15) is 8.42 Å². The Hall–Kier alpha value is -0.980. The van der Waals surface area contributed by atoms with Crippen molar-refractivity contribution in [3.8, 4) is 11.5 Å². The molecular weight excluding hydrogens is 326 g/mol. The van der Waals surface area contributed by atoms with Crippen molar-refractivity contribution in [2.75, 3.05) is 31.8 Å². The minimum Gasteiger partial charge on any atom is -0.489 e. The minimum atomic E-state index is -2.87. The van der Waals surface area contributed by atoms with Crippen LogP contribution in [0.4, 0.5) is 0 Å². The molecule has 0 radical (unpaired) electrons. The number of rotatable bonds is 3. The first kappa shape index (κ1) is 15.9. The lowest BCUT2D eigenvalue weighted by atomic mass is 10.1. The van der Waals surface area contributed by atoms with Crippen LogP contribution in [0.15, 0.2) is 12.1 Å². The summed E-state index contributed by atoms with van der Waals surface area (Å²) in [5, 5.41) is 0.543. The van der Waals surface area contributed by atoms with Crippen LogP contribution in [0.2, 0.25) is 5.02 Å². The molecule has 0 bridgehead atoms. The number of fused-ring (bicyclic) bond motifs is 1. The fraction of sp³-hybridized carbons (Fsp3) is 0.600. The van der Waals surface area contributed by atoms with Gasteiger partial charge in [-0.1, -0.05) is 11.6 Å². The topological polar surface area (TPSA) is 55.8 Å². The first-order chi connectivity index (χ1) is 10.4. The normalized spacial score (nSPS) is 23.5. The molecule has 0 aromatic heterocycles. The minimum absolute atomic E-state index is 0.0692. The molecule has 1 atom stereocenters. The Kier molecular flexibility index (Phi) is 4.52. The average molecular weight is 346 g/mol. The van der Waals surface area contributed by atoms with Gasteiger partial charge in [-0.25, -0.2) is 8.42 Å². The van der Waals surface area contributed by atoms with Gasteiger partial charge in [-0.2, -0.15) is 0 Å². The van der Waals surface area contributed by atoms with Gasteiger partial charge in [0.25, 0.3) is 0 Å². The molecule has 0 amide bonds. The van der Waals surface area contributed by atoms with Gasteiger partial charge in [0.1, 0.15) is 0 Å². The van der Waals surface area contributed by atoms with Gasteiger partial charge < -0.3 is 9.47 Å². The van der Waals surface area contributed by atoms with Crippen molar-refractivity contribution < 1.29 is 17.9 Å². The van der Waals surface area contributed by atoms with Crippen molar-refractivity contribution in [1.82, 2.24) is 4.90 Å². The van der Waals surface area contributed by atoms with Crippen molar-refractivity contribution in [1.29, 1.82) is 0 Å². The van der Waals surface area contributed by atoms with Crippen molar-refractivity contribution >= 4 is 21.4 Å². The monoisotopic (exact) mass is 345 g/mol. The molecule has 22 heavy (non-hydrogen) atoms. The highest BCUT2D eigenvalue weighted by Gasteiger charge is 2.30. The number of ether oxygens (including phenoxy) is 2. The Balaban J connectivity index is 1.75. The van der Waals surface area contributed by atoms with Crippen LogP contribution in [0.5, 0.6) is 11.5 Å². The molecule has 2 aliphatic rings. The van der Waals surface area contributed by atoms with E-state index in [0.29, 0.717) is 42.7 Å². The van der Waals surface area contributed by atoms with Crippen LogP contribution in [0, 0.1) is 0 Å². The Bertz CT molecular complexity index is 662. The predicted molar refractivity (Wildman–Crippen MR) is 85.6 cm³/mol. The highest BCUT2D eigenvalue weighted by molar-refractivity contribution is 7.91. The average Bonchev–Trinajstić information content (AvgIpc) is 2.67. The Morgan fingerprint density at radius 1 is 1.32 bits per heavy atom. The maximum atomic E-state index is 11.6. The Morgan fingerprint density at radius 3 is 2.82 bits per heavy atom. The molecule has 1 fully saturated rings. The smallest absolute Gasteiger partial charge is 0.179 e. The van der Waals surface area contributed by atoms with E-state index >= 15 is 0 Å². The molecule has 122 valence electrons. The molecule has 0 N–H and O–H groups in total. The van der Waals surface area contributed by atoms with Crippen molar-refractivity contribution in [2.24, 2.45) is 0 Å². The lowest BCUT2D eigenvalue weighted by molar-refractivity contribution is 0.253. The van der Waals surface area contributed by atoms with E-state index in [4.69, 9.17) is 21.1 Å². The maximum Gasteiger partial charge on any atom is 0.179 e. The number of halogens is 1. The molecule has 1 aromatic carbocycles. The lowest BCUT2D eigenvalue weighted by Crippen LogP contribution is -2.32. The Morgan fingerprint density at radius 2 is 2.09 bits per heavy atom. The van der Waals surface area contributed by atoms with E-state index in [2.05, 4.69) is 4.90 Å². The molecule has 2 heterocycles. The molecule has 0 aliphatic carbocycles. The fourth-order valence-electron chi connectivity index (χ4n) is 2.92. The SMILES string of the molecule is CN(Cc1cc(Cl)c2c(c1)OCCCO2)[C@@H]1CCS(=O)(=O)C1. The van der Waals surface area contributed by atoms with Gasteiger partial charge in [-0.15, -0.1) is 0 Å². The van der Waals surface area contributed by atoms with Crippen LogP contribution in [0.1, 0.15) is 18.4 Å². The standard InChI is InChI=1S/C15H20ClNO4S/c1-17(12-3-6-22(18,19)10-12)9-11-7-13(16)15-14(8-11)20-4-2-5-21-15/h7-8,12H,2-6,9-10H2,1H3/t12-/m1/s1. The summed E-state index contributed by atoms with van der Waals surface area (Å²) in [6.45, 7) is 1.85. The summed E-state index contributed by atoms with van der Waals surface area (Å²) in [4.78, 5) is 2.07. The summed E-state index contributed by atoms with van der Waals surface area (Å²) in [7, 11) is -0.926. The van der Waals surface area contributed by atoms with Crippen molar-refractivity contribution in [3.63, 3.8) is 0 Å². The van der Waals surface area contributed by atoms with Crippen LogP contribution in [0.3, 0.4) is 0 Å². The number of benzene rings is 1. The number of nitrogens with zero attached hydrogens (tertiary/aromatic N) is 1. The van der Waals surface area contributed by atoms with Gasteiger partial charge in [0.05, 0.1) is 29.7 Å². The zero-order chi connectivity index (χ0) is 15.7. The van der Waals surface area contributed by atoms with E-state index in [1.165, 1.54) is 0 Å². The van der Waals surface area contributed by atoms with Gasteiger partial charge in [0.15, 0.2) is 21.3 Å². The van der Waals surface area contributed by atoms with E-state index in [1.54, 1.807) is 0 Å². The predicted octanol–water partition coefficient (Wildman–Crippen LogP) is 2.12. The third-order valence-corrected chi connectivity index (χ3v) is 6.16. The molecule has 0 unspecified atom stereocenters. The molecule has 2 aliphatic heterocycles. The van der Waals surface area contributed by atoms with Gasteiger partial charge in [0.2, 0.25) is 0 Å². The molecule has 1 saturated heterocycles.